The molecule has 0 bridgehead atoms. The van der Waals surface area contributed by atoms with Crippen molar-refractivity contribution in [3.05, 3.63) is 53.1 Å². The molecular formula is C21H26ClN3O2. The third-order valence-electron chi connectivity index (χ3n) is 4.68. The number of nitrogens with one attached hydrogen (secondary N) is 1. The third-order valence-corrected chi connectivity index (χ3v) is 4.97. The van der Waals surface area contributed by atoms with Gasteiger partial charge in [0.1, 0.15) is 5.75 Å². The Kier molecular flexibility index (Phi) is 6.45. The molecule has 3 rings (SSSR count). The van der Waals surface area contributed by atoms with E-state index < -0.39 is 0 Å². The predicted molar refractivity (Wildman–Crippen MR) is 111 cm³/mol. The summed E-state index contributed by atoms with van der Waals surface area (Å²) in [6, 6.07) is 13.4. The number of hydrogen-bond acceptors (Lipinski definition) is 3. The first kappa shape index (κ1) is 19.4. The van der Waals surface area contributed by atoms with Crippen LogP contribution >= 0.6 is 11.6 Å². The van der Waals surface area contributed by atoms with Crippen LogP contribution in [0.25, 0.3) is 0 Å². The molecule has 1 saturated heterocycles. The molecule has 1 aliphatic heterocycles. The van der Waals surface area contributed by atoms with Crippen LogP contribution < -0.4 is 15.0 Å². The molecule has 2 amide bonds. The maximum atomic E-state index is 12.6. The molecular weight excluding hydrogens is 362 g/mol. The summed E-state index contributed by atoms with van der Waals surface area (Å²) in [6.07, 6.45) is 2.45. The first-order chi connectivity index (χ1) is 13.1. The molecule has 1 fully saturated rings. The van der Waals surface area contributed by atoms with Gasteiger partial charge >= 0.3 is 6.03 Å². The molecule has 0 aromatic heterocycles. The van der Waals surface area contributed by atoms with Gasteiger partial charge in [0.05, 0.1) is 11.6 Å². The number of nitrogens with zero attached hydrogens (tertiary/aromatic N) is 2. The number of ether oxygens (including phenoxy) is 1. The topological polar surface area (TPSA) is 44.8 Å². The molecule has 27 heavy (non-hydrogen) atoms. The number of benzene rings is 2. The Balaban J connectivity index is 1.65. The van der Waals surface area contributed by atoms with Gasteiger partial charge in [-0.1, -0.05) is 29.8 Å². The molecule has 1 aliphatic rings. The molecule has 5 nitrogen and oxygen atoms in total. The van der Waals surface area contributed by atoms with Crippen molar-refractivity contribution in [3.63, 3.8) is 0 Å². The number of hydrogen-bond donors (Lipinski definition) is 1. The fraction of sp³-hybridized carbons (Fsp3) is 0.381. The van der Waals surface area contributed by atoms with Gasteiger partial charge in [-0.15, -0.1) is 0 Å². The Morgan fingerprint density at radius 3 is 2.67 bits per heavy atom. The van der Waals surface area contributed by atoms with E-state index >= 15 is 0 Å². The number of rotatable bonds is 6. The van der Waals surface area contributed by atoms with E-state index in [2.05, 4.69) is 28.4 Å². The van der Waals surface area contributed by atoms with Crippen LogP contribution in [0.1, 0.15) is 25.3 Å². The largest absolute Gasteiger partial charge is 0.492 e. The Bertz CT molecular complexity index is 791. The molecule has 0 spiro atoms. The molecule has 1 N–H and O–H groups in total. The van der Waals surface area contributed by atoms with Gasteiger partial charge in [0.2, 0.25) is 0 Å². The second-order valence-corrected chi connectivity index (χ2v) is 7.09. The van der Waals surface area contributed by atoms with Crippen molar-refractivity contribution in [2.24, 2.45) is 0 Å². The predicted octanol–water partition coefficient (Wildman–Crippen LogP) is 5.00. The van der Waals surface area contributed by atoms with E-state index in [1.807, 2.05) is 13.0 Å². The standard InChI is InChI=1S/C21H26ClN3O2/c1-3-27-20-11-10-17(14-18(20)22)23-21(26)24(2)15-16-8-4-5-9-19(16)25-12-6-7-13-25/h4-5,8-11,14H,3,6-7,12-13,15H2,1-2H3,(H,23,26). The quantitative estimate of drug-likeness (QED) is 0.758. The third kappa shape index (κ3) is 4.86. The molecule has 1 heterocycles. The minimum atomic E-state index is -0.175. The normalized spacial score (nSPS) is 13.5. The molecule has 2 aromatic rings. The summed E-state index contributed by atoms with van der Waals surface area (Å²) >= 11 is 6.20. The van der Waals surface area contributed by atoms with Crippen LogP contribution in [0, 0.1) is 0 Å². The number of carbonyl (C=O) groups excluding carboxylic acids is 1. The van der Waals surface area contributed by atoms with E-state index in [0.717, 1.165) is 18.7 Å². The average molecular weight is 388 g/mol. The van der Waals surface area contributed by atoms with Crippen LogP contribution in [0.15, 0.2) is 42.5 Å². The fourth-order valence-corrected chi connectivity index (χ4v) is 3.54. The van der Waals surface area contributed by atoms with Gasteiger partial charge in [-0.3, -0.25) is 0 Å². The summed E-state index contributed by atoms with van der Waals surface area (Å²) < 4.78 is 5.43. The smallest absolute Gasteiger partial charge is 0.321 e. The lowest BCUT2D eigenvalue weighted by atomic mass is 10.1. The fourth-order valence-electron chi connectivity index (χ4n) is 3.31. The van der Waals surface area contributed by atoms with Crippen LogP contribution in [0.2, 0.25) is 5.02 Å². The van der Waals surface area contributed by atoms with E-state index in [1.165, 1.54) is 18.5 Å². The highest BCUT2D eigenvalue weighted by Crippen LogP contribution is 2.28. The van der Waals surface area contributed by atoms with Crippen molar-refractivity contribution in [2.75, 3.05) is 37.0 Å². The van der Waals surface area contributed by atoms with E-state index in [0.29, 0.717) is 29.6 Å². The number of halogens is 1. The summed E-state index contributed by atoms with van der Waals surface area (Å²) in [6.45, 7) is 5.16. The van der Waals surface area contributed by atoms with Gasteiger partial charge in [0, 0.05) is 38.1 Å². The molecule has 0 aliphatic carbocycles. The number of para-hydroxylation sites is 1. The van der Waals surface area contributed by atoms with Crippen LogP contribution in [0.5, 0.6) is 5.75 Å². The van der Waals surface area contributed by atoms with Gasteiger partial charge in [-0.2, -0.15) is 0 Å². The second-order valence-electron chi connectivity index (χ2n) is 6.69. The summed E-state index contributed by atoms with van der Waals surface area (Å²) in [7, 11) is 1.80. The summed E-state index contributed by atoms with van der Waals surface area (Å²) in [4.78, 5) is 16.7. The molecule has 0 radical (unpaired) electrons. The summed E-state index contributed by atoms with van der Waals surface area (Å²) in [5.41, 5.74) is 3.02. The van der Waals surface area contributed by atoms with Crippen molar-refractivity contribution in [1.82, 2.24) is 4.90 Å². The number of carbonyl (C=O) groups is 1. The van der Waals surface area contributed by atoms with Crippen molar-refractivity contribution < 1.29 is 9.53 Å². The summed E-state index contributed by atoms with van der Waals surface area (Å²) in [5.74, 6) is 0.616. The van der Waals surface area contributed by atoms with Crippen LogP contribution in [0.4, 0.5) is 16.2 Å². The lowest BCUT2D eigenvalue weighted by Crippen LogP contribution is -2.31. The van der Waals surface area contributed by atoms with Crippen molar-refractivity contribution in [2.45, 2.75) is 26.3 Å². The highest BCUT2D eigenvalue weighted by atomic mass is 35.5. The first-order valence-electron chi connectivity index (χ1n) is 9.36. The second kappa shape index (κ2) is 9.00. The molecule has 6 heteroatoms. The van der Waals surface area contributed by atoms with E-state index in [-0.39, 0.29) is 6.03 Å². The number of amides is 2. The van der Waals surface area contributed by atoms with Gasteiger partial charge in [-0.05, 0) is 49.6 Å². The van der Waals surface area contributed by atoms with Crippen molar-refractivity contribution in [1.29, 1.82) is 0 Å². The Hall–Kier alpha value is -2.40. The van der Waals surface area contributed by atoms with Gasteiger partial charge in [-0.25, -0.2) is 4.79 Å². The number of anilines is 2. The van der Waals surface area contributed by atoms with Gasteiger partial charge < -0.3 is 19.9 Å². The lowest BCUT2D eigenvalue weighted by Gasteiger charge is -2.24. The zero-order valence-corrected chi connectivity index (χ0v) is 16.6. The van der Waals surface area contributed by atoms with Crippen molar-refractivity contribution in [3.8, 4) is 5.75 Å². The van der Waals surface area contributed by atoms with Crippen LogP contribution in [-0.4, -0.2) is 37.7 Å². The number of urea groups is 1. The van der Waals surface area contributed by atoms with E-state index in [9.17, 15) is 4.79 Å². The zero-order chi connectivity index (χ0) is 19.2. The Morgan fingerprint density at radius 2 is 1.96 bits per heavy atom. The molecule has 0 unspecified atom stereocenters. The molecule has 0 saturated carbocycles. The highest BCUT2D eigenvalue weighted by Gasteiger charge is 2.18. The minimum Gasteiger partial charge on any atom is -0.492 e. The van der Waals surface area contributed by atoms with E-state index in [1.54, 1.807) is 30.1 Å². The van der Waals surface area contributed by atoms with Crippen molar-refractivity contribution >= 4 is 29.0 Å². The molecule has 0 atom stereocenters. The Morgan fingerprint density at radius 1 is 1.22 bits per heavy atom. The average Bonchev–Trinajstić information content (AvgIpc) is 3.19. The van der Waals surface area contributed by atoms with Crippen LogP contribution in [-0.2, 0) is 6.54 Å². The maximum absolute atomic E-state index is 12.6. The lowest BCUT2D eigenvalue weighted by molar-refractivity contribution is 0.220. The van der Waals surface area contributed by atoms with Gasteiger partial charge in [0.15, 0.2) is 0 Å². The first-order valence-corrected chi connectivity index (χ1v) is 9.73. The Labute approximate surface area is 165 Å². The maximum Gasteiger partial charge on any atom is 0.321 e. The highest BCUT2D eigenvalue weighted by molar-refractivity contribution is 6.32. The van der Waals surface area contributed by atoms with Crippen LogP contribution in [0.3, 0.4) is 0 Å². The summed E-state index contributed by atoms with van der Waals surface area (Å²) in [5, 5.41) is 3.38. The molecule has 2 aromatic carbocycles. The van der Waals surface area contributed by atoms with Gasteiger partial charge in [0.25, 0.3) is 0 Å². The minimum absolute atomic E-state index is 0.175. The van der Waals surface area contributed by atoms with E-state index in [4.69, 9.17) is 16.3 Å². The molecule has 144 valence electrons. The zero-order valence-electron chi connectivity index (χ0n) is 15.9. The SMILES string of the molecule is CCOc1ccc(NC(=O)N(C)Cc2ccccc2N2CCCC2)cc1Cl. The monoisotopic (exact) mass is 387 g/mol.